The van der Waals surface area contributed by atoms with E-state index in [1.165, 1.54) is 28.4 Å². The van der Waals surface area contributed by atoms with Crippen LogP contribution < -0.4 is 4.90 Å². The summed E-state index contributed by atoms with van der Waals surface area (Å²) < 4.78 is 16.7. The normalized spacial score (nSPS) is 11.1. The second kappa shape index (κ2) is 8.49. The van der Waals surface area contributed by atoms with Gasteiger partial charge in [-0.3, -0.25) is 9.69 Å². The van der Waals surface area contributed by atoms with Crippen molar-refractivity contribution in [2.75, 3.05) is 11.4 Å². The van der Waals surface area contributed by atoms with Crippen LogP contribution in [0.2, 0.25) is 10.0 Å². The molecule has 29 heavy (non-hydrogen) atoms. The summed E-state index contributed by atoms with van der Waals surface area (Å²) in [5.74, 6) is -0.725. The summed E-state index contributed by atoms with van der Waals surface area (Å²) in [5.41, 5.74) is 0.570. The summed E-state index contributed by atoms with van der Waals surface area (Å²) in [7, 11) is 0. The largest absolute Gasteiger partial charge is 0.337 e. The Hall–Kier alpha value is -2.48. The number of para-hydroxylation sites is 1. The number of carbonyl (C=O) groups excluding carboxylic acids is 1. The Balaban J connectivity index is 1.67. The lowest BCUT2D eigenvalue weighted by molar-refractivity contribution is 0.0986. The van der Waals surface area contributed by atoms with E-state index >= 15 is 0 Å². The third-order valence-electron chi connectivity index (χ3n) is 4.35. The number of halogens is 3. The average molecular weight is 449 g/mol. The van der Waals surface area contributed by atoms with Crippen molar-refractivity contribution in [2.24, 2.45) is 0 Å². The summed E-state index contributed by atoms with van der Waals surface area (Å²) in [6, 6.07) is 9.49. The Morgan fingerprint density at radius 3 is 2.83 bits per heavy atom. The fourth-order valence-electron chi connectivity index (χ4n) is 2.94. The van der Waals surface area contributed by atoms with Crippen molar-refractivity contribution in [3.63, 3.8) is 0 Å². The minimum atomic E-state index is -0.416. The van der Waals surface area contributed by atoms with Crippen molar-refractivity contribution in [1.82, 2.24) is 14.5 Å². The maximum Gasteiger partial charge on any atom is 0.261 e. The highest BCUT2D eigenvalue weighted by molar-refractivity contribution is 7.22. The molecule has 1 amide bonds. The van der Waals surface area contributed by atoms with Gasteiger partial charge in [0.05, 0.1) is 21.6 Å². The van der Waals surface area contributed by atoms with Gasteiger partial charge in [0, 0.05) is 30.5 Å². The Kier molecular flexibility index (Phi) is 5.80. The van der Waals surface area contributed by atoms with Gasteiger partial charge < -0.3 is 4.57 Å². The fraction of sp³-hybridized carbons (Fsp3) is 0.150. The first-order valence-electron chi connectivity index (χ1n) is 8.80. The zero-order valence-corrected chi connectivity index (χ0v) is 17.4. The second-order valence-corrected chi connectivity index (χ2v) is 8.17. The molecular formula is C20H15Cl2FN4OS. The highest BCUT2D eigenvalue weighted by Crippen LogP contribution is 2.32. The van der Waals surface area contributed by atoms with Crippen LogP contribution in [0.3, 0.4) is 0 Å². The molecule has 0 atom stereocenters. The number of thiazole rings is 1. The van der Waals surface area contributed by atoms with E-state index in [1.54, 1.807) is 36.8 Å². The van der Waals surface area contributed by atoms with E-state index in [2.05, 4.69) is 9.97 Å². The number of anilines is 1. The molecular weight excluding hydrogens is 434 g/mol. The van der Waals surface area contributed by atoms with Gasteiger partial charge in [-0.05, 0) is 36.8 Å². The van der Waals surface area contributed by atoms with E-state index in [1.807, 2.05) is 10.8 Å². The van der Waals surface area contributed by atoms with Crippen LogP contribution in [-0.4, -0.2) is 27.0 Å². The van der Waals surface area contributed by atoms with Crippen molar-refractivity contribution in [2.45, 2.75) is 13.0 Å². The van der Waals surface area contributed by atoms with Gasteiger partial charge in [-0.25, -0.2) is 14.4 Å². The molecule has 0 aliphatic carbocycles. The average Bonchev–Trinajstić information content (AvgIpc) is 3.35. The van der Waals surface area contributed by atoms with Gasteiger partial charge in [0.25, 0.3) is 5.91 Å². The zero-order chi connectivity index (χ0) is 20.4. The minimum Gasteiger partial charge on any atom is -0.337 e. The third-order valence-corrected chi connectivity index (χ3v) is 5.94. The lowest BCUT2D eigenvalue weighted by atomic mass is 10.2. The third kappa shape index (κ3) is 4.27. The number of nitrogens with zero attached hydrogens (tertiary/aromatic N) is 4. The molecule has 0 unspecified atom stereocenters. The Labute approximate surface area is 180 Å². The number of benzene rings is 2. The van der Waals surface area contributed by atoms with E-state index in [0.29, 0.717) is 39.9 Å². The van der Waals surface area contributed by atoms with Crippen molar-refractivity contribution >= 4 is 55.8 Å². The predicted octanol–water partition coefficient (Wildman–Crippen LogP) is 5.68. The van der Waals surface area contributed by atoms with E-state index in [9.17, 15) is 9.18 Å². The molecule has 9 heteroatoms. The molecule has 5 nitrogen and oxygen atoms in total. The van der Waals surface area contributed by atoms with Crippen LogP contribution in [-0.2, 0) is 6.54 Å². The molecule has 0 radical (unpaired) electrons. The summed E-state index contributed by atoms with van der Waals surface area (Å²) in [6.07, 6.45) is 5.93. The van der Waals surface area contributed by atoms with E-state index in [-0.39, 0.29) is 16.4 Å². The van der Waals surface area contributed by atoms with Crippen molar-refractivity contribution in [3.8, 4) is 0 Å². The summed E-state index contributed by atoms with van der Waals surface area (Å²) >= 11 is 13.5. The molecule has 2 heterocycles. The first-order chi connectivity index (χ1) is 14.0. The smallest absolute Gasteiger partial charge is 0.261 e. The molecule has 0 aliphatic heterocycles. The number of amides is 1. The van der Waals surface area contributed by atoms with Crippen LogP contribution in [0.25, 0.3) is 10.2 Å². The molecule has 4 rings (SSSR count). The zero-order valence-electron chi connectivity index (χ0n) is 15.1. The van der Waals surface area contributed by atoms with E-state index < -0.39 is 5.82 Å². The van der Waals surface area contributed by atoms with Gasteiger partial charge in [0.15, 0.2) is 5.13 Å². The summed E-state index contributed by atoms with van der Waals surface area (Å²) in [4.78, 5) is 23.2. The van der Waals surface area contributed by atoms with Gasteiger partial charge in [-0.1, -0.05) is 40.6 Å². The molecule has 0 saturated heterocycles. The van der Waals surface area contributed by atoms with Crippen molar-refractivity contribution < 1.29 is 9.18 Å². The SMILES string of the molecule is O=C(c1ccc(Cl)cc1Cl)N(CCCn1ccnc1)c1nc2c(F)cccc2s1. The molecule has 4 aromatic rings. The topological polar surface area (TPSA) is 51.0 Å². The first kappa shape index (κ1) is 19.8. The molecule has 0 fully saturated rings. The number of hydrogen-bond donors (Lipinski definition) is 0. The molecule has 148 valence electrons. The molecule has 0 saturated carbocycles. The molecule has 0 spiro atoms. The van der Waals surface area contributed by atoms with Crippen LogP contribution in [0, 0.1) is 5.82 Å². The highest BCUT2D eigenvalue weighted by atomic mass is 35.5. The maximum atomic E-state index is 14.1. The monoisotopic (exact) mass is 448 g/mol. The Morgan fingerprint density at radius 1 is 1.24 bits per heavy atom. The van der Waals surface area contributed by atoms with Gasteiger partial charge in [-0.2, -0.15) is 0 Å². The van der Waals surface area contributed by atoms with Crippen LogP contribution >= 0.6 is 34.5 Å². The van der Waals surface area contributed by atoms with Crippen molar-refractivity contribution in [3.05, 3.63) is 76.5 Å². The van der Waals surface area contributed by atoms with Gasteiger partial charge in [0.1, 0.15) is 11.3 Å². The Bertz CT molecular complexity index is 1160. The van der Waals surface area contributed by atoms with Crippen LogP contribution in [0.4, 0.5) is 9.52 Å². The number of imidazole rings is 1. The number of rotatable bonds is 6. The van der Waals surface area contributed by atoms with Gasteiger partial charge in [-0.15, -0.1) is 0 Å². The Morgan fingerprint density at radius 2 is 2.10 bits per heavy atom. The number of carbonyl (C=O) groups is 1. The quantitative estimate of drug-likeness (QED) is 0.381. The number of aryl methyl sites for hydroxylation is 1. The summed E-state index contributed by atoms with van der Waals surface area (Å²) in [5, 5.41) is 1.13. The molecule has 2 aromatic heterocycles. The lowest BCUT2D eigenvalue weighted by Crippen LogP contribution is -2.32. The molecule has 0 aliphatic rings. The van der Waals surface area contributed by atoms with Crippen LogP contribution in [0.15, 0.2) is 55.1 Å². The number of hydrogen-bond acceptors (Lipinski definition) is 4. The van der Waals surface area contributed by atoms with E-state index in [0.717, 1.165) is 0 Å². The lowest BCUT2D eigenvalue weighted by Gasteiger charge is -2.20. The maximum absolute atomic E-state index is 14.1. The minimum absolute atomic E-state index is 0.252. The highest BCUT2D eigenvalue weighted by Gasteiger charge is 2.23. The number of aromatic nitrogens is 3. The molecule has 0 bridgehead atoms. The molecule has 2 aromatic carbocycles. The van der Waals surface area contributed by atoms with Gasteiger partial charge in [0.2, 0.25) is 0 Å². The van der Waals surface area contributed by atoms with Crippen LogP contribution in [0.1, 0.15) is 16.8 Å². The molecule has 0 N–H and O–H groups in total. The standard InChI is InChI=1S/C20H15Cl2FN4OS/c21-13-5-6-14(15(22)11-13)19(28)27(9-2-8-26-10-7-24-12-26)20-25-18-16(23)3-1-4-17(18)29-20/h1,3-7,10-12H,2,8-9H2. The number of fused-ring (bicyclic) bond motifs is 1. The predicted molar refractivity (Wildman–Crippen MR) is 115 cm³/mol. The van der Waals surface area contributed by atoms with Gasteiger partial charge >= 0.3 is 0 Å². The van der Waals surface area contributed by atoms with Crippen LogP contribution in [0.5, 0.6) is 0 Å². The van der Waals surface area contributed by atoms with E-state index in [4.69, 9.17) is 23.2 Å². The fourth-order valence-corrected chi connectivity index (χ4v) is 4.44. The second-order valence-electron chi connectivity index (χ2n) is 6.32. The van der Waals surface area contributed by atoms with Crippen molar-refractivity contribution in [1.29, 1.82) is 0 Å². The first-order valence-corrected chi connectivity index (χ1v) is 10.4. The summed E-state index contributed by atoms with van der Waals surface area (Å²) in [6.45, 7) is 1.06.